The maximum atomic E-state index is 2.32. The molecule has 0 radical (unpaired) electrons. The van der Waals surface area contributed by atoms with Crippen molar-refractivity contribution in [2.24, 2.45) is 0 Å². The quantitative estimate of drug-likeness (QED) is 0.0828. The molecule has 0 unspecified atom stereocenters. The van der Waals surface area contributed by atoms with E-state index in [1.54, 1.807) is 0 Å². The van der Waals surface area contributed by atoms with Gasteiger partial charge in [0.25, 0.3) is 0 Å². The molecule has 0 atom stereocenters. The molecule has 1 heteroatoms. The van der Waals surface area contributed by atoms with Crippen LogP contribution in [-0.4, -0.2) is 11.0 Å². The Morgan fingerprint density at radius 2 is 0.625 bits per heavy atom. The van der Waals surface area contributed by atoms with Crippen LogP contribution in [0.1, 0.15) is 126 Å². The first kappa shape index (κ1) is 32.1. The van der Waals surface area contributed by atoms with Gasteiger partial charge >= 0.3 is 0 Å². The van der Waals surface area contributed by atoms with Crippen molar-refractivity contribution in [2.45, 2.75) is 129 Å². The molecule has 3 aromatic rings. The van der Waals surface area contributed by atoms with E-state index in [1.807, 2.05) is 0 Å². The highest BCUT2D eigenvalue weighted by molar-refractivity contribution is 5.17. The third kappa shape index (κ3) is 13.8. The van der Waals surface area contributed by atoms with Crippen LogP contribution in [0.5, 0.6) is 0 Å². The van der Waals surface area contributed by atoms with Crippen LogP contribution in [0.3, 0.4) is 0 Å². The van der Waals surface area contributed by atoms with Crippen LogP contribution in [0.25, 0.3) is 0 Å². The van der Waals surface area contributed by atoms with E-state index in [2.05, 4.69) is 97.9 Å². The minimum atomic E-state index is 1.09. The fraction of sp³-hybridized carbons (Fsp3) is 0.538. The Hall–Kier alpha value is -2.38. The largest absolute Gasteiger partial charge is 0.312 e. The molecular weight excluding hydrogens is 482 g/mol. The fourth-order valence-electron chi connectivity index (χ4n) is 6.31. The number of benzene rings is 3. The van der Waals surface area contributed by atoms with Gasteiger partial charge in [0.2, 0.25) is 0 Å². The highest BCUT2D eigenvalue weighted by Crippen LogP contribution is 2.26. The number of rotatable bonds is 23. The number of nitrogens with zero attached hydrogens (tertiary/aromatic N) is 1. The molecule has 0 aliphatic rings. The van der Waals surface area contributed by atoms with Crippen molar-refractivity contribution < 1.29 is 4.48 Å². The van der Waals surface area contributed by atoms with Gasteiger partial charge in [-0.05, 0) is 12.8 Å². The molecule has 0 spiro atoms. The van der Waals surface area contributed by atoms with Crippen LogP contribution in [0, 0.1) is 0 Å². The molecule has 1 nitrogen and oxygen atoms in total. The van der Waals surface area contributed by atoms with Gasteiger partial charge in [-0.25, -0.2) is 0 Å². The maximum Gasteiger partial charge on any atom is 0.105 e. The molecule has 0 bridgehead atoms. The van der Waals surface area contributed by atoms with Crippen LogP contribution in [0.2, 0.25) is 0 Å². The van der Waals surface area contributed by atoms with Crippen molar-refractivity contribution in [1.29, 1.82) is 0 Å². The summed E-state index contributed by atoms with van der Waals surface area (Å²) in [5, 5.41) is 0. The standard InChI is InChI=1S/C39H58N/c1-2-3-4-5-6-7-8-9-10-11-12-13-14-15-16-26-33-40(34-37-27-20-17-21-28-37,35-38-29-22-18-23-30-38)36-39-31-24-19-25-32-39/h17-25,27-32H,2-16,26,33-36H2,1H3/q+1. The van der Waals surface area contributed by atoms with Gasteiger partial charge in [0.05, 0.1) is 6.54 Å². The van der Waals surface area contributed by atoms with E-state index in [-0.39, 0.29) is 0 Å². The van der Waals surface area contributed by atoms with Gasteiger partial charge in [-0.2, -0.15) is 0 Å². The Morgan fingerprint density at radius 1 is 0.350 bits per heavy atom. The lowest BCUT2D eigenvalue weighted by atomic mass is 10.0. The highest BCUT2D eigenvalue weighted by Gasteiger charge is 2.28. The average molecular weight is 541 g/mol. The summed E-state index contributed by atoms with van der Waals surface area (Å²) >= 11 is 0. The van der Waals surface area contributed by atoms with Crippen molar-refractivity contribution in [3.63, 3.8) is 0 Å². The van der Waals surface area contributed by atoms with E-state index < -0.39 is 0 Å². The number of hydrogen-bond donors (Lipinski definition) is 0. The molecule has 0 amide bonds. The third-order valence-electron chi connectivity index (χ3n) is 8.57. The Labute approximate surface area is 247 Å². The van der Waals surface area contributed by atoms with Crippen LogP contribution in [0.4, 0.5) is 0 Å². The normalized spacial score (nSPS) is 11.6. The zero-order valence-corrected chi connectivity index (χ0v) is 25.7. The molecular formula is C39H58N+. The van der Waals surface area contributed by atoms with E-state index in [0.29, 0.717) is 0 Å². The summed E-state index contributed by atoms with van der Waals surface area (Å²) in [5.41, 5.74) is 4.35. The van der Waals surface area contributed by atoms with Crippen LogP contribution < -0.4 is 0 Å². The lowest BCUT2D eigenvalue weighted by Gasteiger charge is -2.39. The molecule has 0 N–H and O–H groups in total. The lowest BCUT2D eigenvalue weighted by molar-refractivity contribution is -0.966. The van der Waals surface area contributed by atoms with E-state index in [1.165, 1.54) is 126 Å². The predicted molar refractivity (Wildman–Crippen MR) is 175 cm³/mol. The molecule has 0 fully saturated rings. The van der Waals surface area contributed by atoms with Gasteiger partial charge in [0.1, 0.15) is 19.6 Å². The van der Waals surface area contributed by atoms with Crippen molar-refractivity contribution in [2.75, 3.05) is 6.54 Å². The van der Waals surface area contributed by atoms with Gasteiger partial charge in [-0.15, -0.1) is 0 Å². The first-order chi connectivity index (χ1) is 19.8. The molecule has 0 aliphatic heterocycles. The second-order valence-corrected chi connectivity index (χ2v) is 12.3. The first-order valence-electron chi connectivity index (χ1n) is 16.8. The maximum absolute atomic E-state index is 2.32. The van der Waals surface area contributed by atoms with Crippen LogP contribution in [0.15, 0.2) is 91.0 Å². The number of quaternary nitrogens is 1. The molecule has 0 saturated heterocycles. The first-order valence-corrected chi connectivity index (χ1v) is 16.8. The summed E-state index contributed by atoms with van der Waals surface area (Å²) in [5.74, 6) is 0. The summed E-state index contributed by atoms with van der Waals surface area (Å²) in [4.78, 5) is 0. The summed E-state index contributed by atoms with van der Waals surface area (Å²) in [6.45, 7) is 6.80. The van der Waals surface area contributed by atoms with E-state index in [9.17, 15) is 0 Å². The molecule has 218 valence electrons. The minimum Gasteiger partial charge on any atom is -0.312 e. The topological polar surface area (TPSA) is 0 Å². The average Bonchev–Trinajstić information content (AvgIpc) is 2.98. The van der Waals surface area contributed by atoms with Crippen LogP contribution >= 0.6 is 0 Å². The Morgan fingerprint density at radius 3 is 0.925 bits per heavy atom. The lowest BCUT2D eigenvalue weighted by Crippen LogP contribution is -2.46. The summed E-state index contributed by atoms with van der Waals surface area (Å²) in [7, 11) is 0. The molecule has 3 aromatic carbocycles. The Balaban J connectivity index is 1.42. The van der Waals surface area contributed by atoms with Crippen molar-refractivity contribution in [1.82, 2.24) is 0 Å². The molecule has 0 aromatic heterocycles. The smallest absolute Gasteiger partial charge is 0.105 e. The van der Waals surface area contributed by atoms with Gasteiger partial charge in [-0.1, -0.05) is 188 Å². The monoisotopic (exact) mass is 540 g/mol. The second-order valence-electron chi connectivity index (χ2n) is 12.3. The van der Waals surface area contributed by atoms with Crippen LogP contribution in [-0.2, 0) is 19.6 Å². The molecule has 40 heavy (non-hydrogen) atoms. The molecule has 0 saturated carbocycles. The Bertz CT molecular complexity index is 864. The van der Waals surface area contributed by atoms with Crippen molar-refractivity contribution in [3.05, 3.63) is 108 Å². The van der Waals surface area contributed by atoms with E-state index in [0.717, 1.165) is 24.1 Å². The molecule has 0 aliphatic carbocycles. The number of unbranched alkanes of at least 4 members (excludes halogenated alkanes) is 15. The second kappa shape index (κ2) is 20.5. The summed E-state index contributed by atoms with van der Waals surface area (Å²) in [6, 6.07) is 33.5. The zero-order valence-electron chi connectivity index (χ0n) is 25.7. The minimum absolute atomic E-state index is 1.09. The third-order valence-corrected chi connectivity index (χ3v) is 8.57. The van der Waals surface area contributed by atoms with Gasteiger partial charge in [-0.3, -0.25) is 0 Å². The highest BCUT2D eigenvalue weighted by atomic mass is 15.3. The molecule has 0 heterocycles. The summed E-state index contributed by atoms with van der Waals surface area (Å²) < 4.78 is 1.09. The zero-order chi connectivity index (χ0) is 28.0. The Kier molecular flexibility index (Phi) is 16.5. The molecule has 3 rings (SSSR count). The predicted octanol–water partition coefficient (Wildman–Crippen LogP) is 11.7. The van der Waals surface area contributed by atoms with Crippen molar-refractivity contribution in [3.8, 4) is 0 Å². The number of hydrogen-bond acceptors (Lipinski definition) is 0. The van der Waals surface area contributed by atoms with Gasteiger partial charge in [0.15, 0.2) is 0 Å². The van der Waals surface area contributed by atoms with Gasteiger partial charge in [0, 0.05) is 16.7 Å². The summed E-state index contributed by atoms with van der Waals surface area (Å²) in [6.07, 6.45) is 22.8. The van der Waals surface area contributed by atoms with E-state index in [4.69, 9.17) is 0 Å². The van der Waals surface area contributed by atoms with Crippen molar-refractivity contribution >= 4 is 0 Å². The SMILES string of the molecule is CCCCCCCCCCCCCCCCCC[N+](Cc1ccccc1)(Cc1ccccc1)Cc1ccccc1. The van der Waals surface area contributed by atoms with Gasteiger partial charge < -0.3 is 4.48 Å². The van der Waals surface area contributed by atoms with E-state index >= 15 is 0 Å². The fourth-order valence-corrected chi connectivity index (χ4v) is 6.31.